The summed E-state index contributed by atoms with van der Waals surface area (Å²) in [4.78, 5) is 40.2. The van der Waals surface area contributed by atoms with Crippen LogP contribution in [-0.4, -0.2) is 47.8 Å². The van der Waals surface area contributed by atoms with E-state index < -0.39 is 6.04 Å². The maximum Gasteiger partial charge on any atom is 0.252 e. The van der Waals surface area contributed by atoms with Crippen LogP contribution in [-0.2, 0) is 9.59 Å². The van der Waals surface area contributed by atoms with Crippen molar-refractivity contribution in [3.05, 3.63) is 35.4 Å². The second-order valence-electron chi connectivity index (χ2n) is 8.90. The molecule has 1 heterocycles. The van der Waals surface area contributed by atoms with E-state index in [0.717, 1.165) is 12.0 Å². The summed E-state index contributed by atoms with van der Waals surface area (Å²) in [5.41, 5.74) is 1.47. The highest BCUT2D eigenvalue weighted by Gasteiger charge is 2.34. The maximum atomic E-state index is 13.0. The molecule has 2 rings (SSSR count). The molecular formula is C24H37N3O3. The summed E-state index contributed by atoms with van der Waals surface area (Å²) < 4.78 is 0. The van der Waals surface area contributed by atoms with Crippen LogP contribution in [0.15, 0.2) is 24.3 Å². The number of aryl methyl sites for hydroxylation is 1. The number of likely N-dealkylation sites (tertiary alicyclic amines) is 1. The van der Waals surface area contributed by atoms with Gasteiger partial charge in [-0.2, -0.15) is 0 Å². The molecule has 0 spiro atoms. The molecule has 1 aliphatic heterocycles. The third-order valence-electron chi connectivity index (χ3n) is 5.91. The molecule has 0 bridgehead atoms. The third-order valence-corrected chi connectivity index (χ3v) is 5.91. The van der Waals surface area contributed by atoms with Crippen molar-refractivity contribution in [1.82, 2.24) is 15.5 Å². The average molecular weight is 416 g/mol. The van der Waals surface area contributed by atoms with Crippen LogP contribution in [0.2, 0.25) is 0 Å². The van der Waals surface area contributed by atoms with Crippen molar-refractivity contribution in [3.63, 3.8) is 0 Å². The third kappa shape index (κ3) is 6.57. The van der Waals surface area contributed by atoms with Gasteiger partial charge in [-0.25, -0.2) is 0 Å². The quantitative estimate of drug-likeness (QED) is 0.684. The summed E-state index contributed by atoms with van der Waals surface area (Å²) in [6, 6.07) is 6.83. The Kier molecular flexibility index (Phi) is 8.88. The van der Waals surface area contributed by atoms with Crippen LogP contribution in [0.4, 0.5) is 0 Å². The van der Waals surface area contributed by atoms with Gasteiger partial charge in [0.05, 0.1) is 0 Å². The molecule has 0 aliphatic carbocycles. The lowest BCUT2D eigenvalue weighted by molar-refractivity contribution is -0.133. The van der Waals surface area contributed by atoms with Gasteiger partial charge < -0.3 is 15.5 Å². The van der Waals surface area contributed by atoms with Crippen molar-refractivity contribution in [2.75, 3.05) is 13.1 Å². The minimum atomic E-state index is -0.603. The predicted octanol–water partition coefficient (Wildman–Crippen LogP) is 3.29. The zero-order valence-electron chi connectivity index (χ0n) is 19.0. The number of hydrogen-bond donors (Lipinski definition) is 2. The molecule has 0 saturated carbocycles. The SMILES string of the molecule is CCC(C)NC(=O)C(NC(=O)c1ccccc1C)C1CCN(C(=O)CC(C)C)CC1. The van der Waals surface area contributed by atoms with E-state index in [1.54, 1.807) is 6.07 Å². The molecule has 6 heteroatoms. The van der Waals surface area contributed by atoms with Crippen molar-refractivity contribution in [3.8, 4) is 0 Å². The van der Waals surface area contributed by atoms with Crippen LogP contribution in [0.25, 0.3) is 0 Å². The van der Waals surface area contributed by atoms with E-state index in [9.17, 15) is 14.4 Å². The van der Waals surface area contributed by atoms with Crippen molar-refractivity contribution in [1.29, 1.82) is 0 Å². The molecule has 2 N–H and O–H groups in total. The van der Waals surface area contributed by atoms with Crippen LogP contribution in [0.3, 0.4) is 0 Å². The van der Waals surface area contributed by atoms with E-state index in [0.29, 0.717) is 43.8 Å². The number of hydrogen-bond acceptors (Lipinski definition) is 3. The van der Waals surface area contributed by atoms with Crippen molar-refractivity contribution >= 4 is 17.7 Å². The Morgan fingerprint density at radius 2 is 1.70 bits per heavy atom. The zero-order valence-corrected chi connectivity index (χ0v) is 19.0. The fraction of sp³-hybridized carbons (Fsp3) is 0.625. The Hall–Kier alpha value is -2.37. The molecule has 30 heavy (non-hydrogen) atoms. The minimum Gasteiger partial charge on any atom is -0.352 e. The van der Waals surface area contributed by atoms with E-state index in [4.69, 9.17) is 0 Å². The Bertz CT molecular complexity index is 739. The smallest absolute Gasteiger partial charge is 0.252 e. The van der Waals surface area contributed by atoms with Gasteiger partial charge in [0.25, 0.3) is 5.91 Å². The molecule has 0 aromatic heterocycles. The molecule has 1 aliphatic rings. The molecule has 2 unspecified atom stereocenters. The molecule has 6 nitrogen and oxygen atoms in total. The predicted molar refractivity (Wildman–Crippen MR) is 119 cm³/mol. The van der Waals surface area contributed by atoms with Crippen molar-refractivity contribution < 1.29 is 14.4 Å². The summed E-state index contributed by atoms with van der Waals surface area (Å²) in [7, 11) is 0. The van der Waals surface area contributed by atoms with E-state index >= 15 is 0 Å². The fourth-order valence-corrected chi connectivity index (χ4v) is 3.84. The lowest BCUT2D eigenvalue weighted by Gasteiger charge is -2.36. The van der Waals surface area contributed by atoms with Crippen molar-refractivity contribution in [2.45, 2.75) is 72.4 Å². The topological polar surface area (TPSA) is 78.5 Å². The first-order valence-corrected chi connectivity index (χ1v) is 11.2. The second-order valence-corrected chi connectivity index (χ2v) is 8.90. The summed E-state index contributed by atoms with van der Waals surface area (Å²) in [6.07, 6.45) is 2.78. The Morgan fingerprint density at radius 1 is 1.07 bits per heavy atom. The van der Waals surface area contributed by atoms with Gasteiger partial charge in [-0.1, -0.05) is 39.0 Å². The second kappa shape index (κ2) is 11.1. The Morgan fingerprint density at radius 3 is 2.27 bits per heavy atom. The number of carbonyl (C=O) groups excluding carboxylic acids is 3. The monoisotopic (exact) mass is 415 g/mol. The normalized spacial score (nSPS) is 16.8. The van der Waals surface area contributed by atoms with Crippen molar-refractivity contribution in [2.24, 2.45) is 11.8 Å². The molecule has 0 radical (unpaired) electrons. The lowest BCUT2D eigenvalue weighted by atomic mass is 9.88. The number of benzene rings is 1. The van der Waals surface area contributed by atoms with E-state index in [2.05, 4.69) is 10.6 Å². The molecule has 1 aromatic rings. The van der Waals surface area contributed by atoms with Gasteiger partial charge in [-0.3, -0.25) is 14.4 Å². The molecule has 1 aromatic carbocycles. The standard InChI is InChI=1S/C24H37N3O3/c1-6-18(5)25-24(30)22(26-23(29)20-10-8-7-9-17(20)4)19-11-13-27(14-12-19)21(28)15-16(2)3/h7-10,16,18-19,22H,6,11-15H2,1-5H3,(H,25,30)(H,26,29). The van der Waals surface area contributed by atoms with Crippen LogP contribution in [0, 0.1) is 18.8 Å². The summed E-state index contributed by atoms with van der Waals surface area (Å²) >= 11 is 0. The first-order valence-electron chi connectivity index (χ1n) is 11.2. The first kappa shape index (κ1) is 23.9. The van der Waals surface area contributed by atoms with Crippen LogP contribution in [0.1, 0.15) is 69.3 Å². The average Bonchev–Trinajstić information content (AvgIpc) is 2.71. The Balaban J connectivity index is 2.10. The summed E-state index contributed by atoms with van der Waals surface area (Å²) in [5, 5.41) is 6.02. The number of carbonyl (C=O) groups is 3. The van der Waals surface area contributed by atoms with Crippen LogP contribution >= 0.6 is 0 Å². The Labute approximate surface area is 180 Å². The summed E-state index contributed by atoms with van der Waals surface area (Å²) in [6.45, 7) is 11.2. The molecule has 1 fully saturated rings. The number of nitrogens with zero attached hydrogens (tertiary/aromatic N) is 1. The van der Waals surface area contributed by atoms with Crippen LogP contribution in [0.5, 0.6) is 0 Å². The molecule has 166 valence electrons. The first-order chi connectivity index (χ1) is 14.2. The van der Waals surface area contributed by atoms with E-state index in [-0.39, 0.29) is 29.7 Å². The van der Waals surface area contributed by atoms with Crippen LogP contribution < -0.4 is 10.6 Å². The van der Waals surface area contributed by atoms with Gasteiger partial charge in [0.15, 0.2) is 0 Å². The van der Waals surface area contributed by atoms with Gasteiger partial charge in [-0.15, -0.1) is 0 Å². The number of nitrogens with one attached hydrogen (secondary N) is 2. The highest BCUT2D eigenvalue weighted by atomic mass is 16.2. The number of piperidine rings is 1. The highest BCUT2D eigenvalue weighted by molar-refractivity contribution is 5.98. The van der Waals surface area contributed by atoms with Gasteiger partial charge >= 0.3 is 0 Å². The zero-order chi connectivity index (χ0) is 22.3. The number of rotatable bonds is 8. The van der Waals surface area contributed by atoms with Gasteiger partial charge in [-0.05, 0) is 56.6 Å². The molecular weight excluding hydrogens is 378 g/mol. The van der Waals surface area contributed by atoms with E-state index in [1.807, 2.05) is 57.7 Å². The largest absolute Gasteiger partial charge is 0.352 e. The van der Waals surface area contributed by atoms with Gasteiger partial charge in [0, 0.05) is 31.1 Å². The lowest BCUT2D eigenvalue weighted by Crippen LogP contribution is -2.55. The fourth-order valence-electron chi connectivity index (χ4n) is 3.84. The summed E-state index contributed by atoms with van der Waals surface area (Å²) in [5.74, 6) is 0.143. The number of amides is 3. The molecule has 2 atom stereocenters. The molecule has 3 amide bonds. The highest BCUT2D eigenvalue weighted by Crippen LogP contribution is 2.23. The van der Waals surface area contributed by atoms with E-state index in [1.165, 1.54) is 0 Å². The van der Waals surface area contributed by atoms with Gasteiger partial charge in [0.1, 0.15) is 6.04 Å². The maximum absolute atomic E-state index is 13.0. The molecule has 1 saturated heterocycles. The van der Waals surface area contributed by atoms with Gasteiger partial charge in [0.2, 0.25) is 11.8 Å². The minimum absolute atomic E-state index is 0.00474.